The Balaban J connectivity index is 2.11. The second kappa shape index (κ2) is 4.41. The Kier molecular flexibility index (Phi) is 2.98. The molecule has 0 aliphatic heterocycles. The van der Waals surface area contributed by atoms with Gasteiger partial charge in [0.25, 0.3) is 0 Å². The quantitative estimate of drug-likeness (QED) is 0.783. The van der Waals surface area contributed by atoms with Gasteiger partial charge in [-0.25, -0.2) is 0 Å². The molecular formula is C9H10N2O3S. The lowest BCUT2D eigenvalue weighted by molar-refractivity contribution is 0.155. The molecule has 6 heteroatoms. The molecule has 80 valence electrons. The fourth-order valence-electron chi connectivity index (χ4n) is 1.22. The monoisotopic (exact) mass is 226 g/mol. The molecule has 0 aromatic carbocycles. The maximum Gasteiger partial charge on any atom is 0.307 e. The van der Waals surface area contributed by atoms with Crippen LogP contribution in [0.3, 0.4) is 0 Å². The van der Waals surface area contributed by atoms with Crippen LogP contribution in [0.15, 0.2) is 27.0 Å². The molecule has 2 heterocycles. The van der Waals surface area contributed by atoms with Gasteiger partial charge in [-0.05, 0) is 0 Å². The van der Waals surface area contributed by atoms with E-state index in [4.69, 9.17) is 9.26 Å². The summed E-state index contributed by atoms with van der Waals surface area (Å²) in [4.78, 5) is 11.3. The Hall–Kier alpha value is -1.40. The summed E-state index contributed by atoms with van der Waals surface area (Å²) in [6.07, 6.45) is 1.73. The number of thiazole rings is 1. The zero-order chi connectivity index (χ0) is 10.7. The topological polar surface area (TPSA) is 57.3 Å². The molecule has 0 saturated carbocycles. The largest absolute Gasteiger partial charge is 0.377 e. The number of hydrogen-bond acceptors (Lipinski definition) is 5. The van der Waals surface area contributed by atoms with Crippen molar-refractivity contribution in [3.63, 3.8) is 0 Å². The Morgan fingerprint density at radius 3 is 3.20 bits per heavy atom. The number of nitrogens with zero attached hydrogens (tertiary/aromatic N) is 2. The molecule has 0 atom stereocenters. The average Bonchev–Trinajstić information content (AvgIpc) is 2.79. The van der Waals surface area contributed by atoms with Crippen LogP contribution in [0.2, 0.25) is 0 Å². The zero-order valence-corrected chi connectivity index (χ0v) is 8.99. The Morgan fingerprint density at radius 1 is 1.67 bits per heavy atom. The van der Waals surface area contributed by atoms with Gasteiger partial charge >= 0.3 is 4.87 Å². The molecule has 0 aliphatic rings. The Labute approximate surface area is 89.9 Å². The van der Waals surface area contributed by atoms with Crippen LogP contribution in [0.5, 0.6) is 0 Å². The van der Waals surface area contributed by atoms with Crippen LogP contribution in [-0.2, 0) is 17.9 Å². The van der Waals surface area contributed by atoms with Gasteiger partial charge in [0, 0.05) is 24.8 Å². The maximum atomic E-state index is 11.3. The van der Waals surface area contributed by atoms with Gasteiger partial charge in [-0.15, -0.1) is 0 Å². The van der Waals surface area contributed by atoms with E-state index < -0.39 is 0 Å². The van der Waals surface area contributed by atoms with Crippen LogP contribution in [0.1, 0.15) is 11.5 Å². The normalized spacial score (nSPS) is 10.7. The van der Waals surface area contributed by atoms with Crippen molar-refractivity contribution in [2.75, 3.05) is 7.11 Å². The molecule has 0 radical (unpaired) electrons. The van der Waals surface area contributed by atoms with Gasteiger partial charge in [0.15, 0.2) is 5.76 Å². The van der Waals surface area contributed by atoms with Crippen molar-refractivity contribution in [3.05, 3.63) is 38.8 Å². The number of rotatable bonds is 4. The van der Waals surface area contributed by atoms with E-state index in [0.29, 0.717) is 18.9 Å². The second-order valence-electron chi connectivity index (χ2n) is 3.01. The van der Waals surface area contributed by atoms with Crippen LogP contribution < -0.4 is 4.87 Å². The number of ether oxygens (including phenoxy) is 1. The molecule has 0 saturated heterocycles. The van der Waals surface area contributed by atoms with E-state index >= 15 is 0 Å². The molecule has 0 fully saturated rings. The van der Waals surface area contributed by atoms with E-state index in [1.807, 2.05) is 0 Å². The first-order valence-electron chi connectivity index (χ1n) is 4.37. The molecule has 5 nitrogen and oxygen atoms in total. The van der Waals surface area contributed by atoms with E-state index in [1.54, 1.807) is 29.3 Å². The van der Waals surface area contributed by atoms with E-state index in [1.165, 1.54) is 11.3 Å². The summed E-state index contributed by atoms with van der Waals surface area (Å²) in [5.41, 5.74) is 0.725. The maximum absolute atomic E-state index is 11.3. The van der Waals surface area contributed by atoms with E-state index in [9.17, 15) is 4.79 Å². The lowest BCUT2D eigenvalue weighted by Gasteiger charge is -1.93. The molecule has 2 rings (SSSR count). The summed E-state index contributed by atoms with van der Waals surface area (Å²) >= 11 is 1.17. The van der Waals surface area contributed by atoms with Gasteiger partial charge in [-0.3, -0.25) is 9.36 Å². The van der Waals surface area contributed by atoms with Crippen LogP contribution in [0.4, 0.5) is 0 Å². The molecular weight excluding hydrogens is 216 g/mol. The predicted octanol–water partition coefficient (Wildman–Crippen LogP) is 1.09. The van der Waals surface area contributed by atoms with Crippen molar-refractivity contribution in [3.8, 4) is 0 Å². The summed E-state index contributed by atoms with van der Waals surface area (Å²) in [5, 5.41) is 5.59. The SMILES string of the molecule is COCc1cc(Cn2ccsc2=O)no1. The first-order valence-corrected chi connectivity index (χ1v) is 5.25. The van der Waals surface area contributed by atoms with Gasteiger partial charge in [0.05, 0.1) is 6.54 Å². The van der Waals surface area contributed by atoms with Gasteiger partial charge in [0.1, 0.15) is 12.3 Å². The first kappa shape index (κ1) is 10.1. The van der Waals surface area contributed by atoms with E-state index in [2.05, 4.69) is 5.16 Å². The van der Waals surface area contributed by atoms with E-state index in [0.717, 1.165) is 5.69 Å². The highest BCUT2D eigenvalue weighted by Gasteiger charge is 2.05. The number of methoxy groups -OCH3 is 1. The standard InChI is InChI=1S/C9H10N2O3S/c1-13-6-8-4-7(10-14-8)5-11-2-3-15-9(11)12/h2-4H,5-6H2,1H3. The zero-order valence-electron chi connectivity index (χ0n) is 8.17. The number of aromatic nitrogens is 2. The van der Waals surface area contributed by atoms with Crippen molar-refractivity contribution in [2.24, 2.45) is 0 Å². The Bertz CT molecular complexity index is 485. The van der Waals surface area contributed by atoms with Crippen molar-refractivity contribution in [2.45, 2.75) is 13.2 Å². The van der Waals surface area contributed by atoms with Crippen molar-refractivity contribution in [1.82, 2.24) is 9.72 Å². The molecule has 15 heavy (non-hydrogen) atoms. The summed E-state index contributed by atoms with van der Waals surface area (Å²) in [6, 6.07) is 1.79. The average molecular weight is 226 g/mol. The van der Waals surface area contributed by atoms with E-state index in [-0.39, 0.29) is 4.87 Å². The molecule has 0 unspecified atom stereocenters. The summed E-state index contributed by atoms with van der Waals surface area (Å²) in [5.74, 6) is 0.663. The van der Waals surface area contributed by atoms with Crippen LogP contribution in [0, 0.1) is 0 Å². The minimum atomic E-state index is 0.00583. The fourth-order valence-corrected chi connectivity index (χ4v) is 1.81. The molecule has 0 amide bonds. The third kappa shape index (κ3) is 2.34. The smallest absolute Gasteiger partial charge is 0.307 e. The highest BCUT2D eigenvalue weighted by Crippen LogP contribution is 2.06. The van der Waals surface area contributed by atoms with Gasteiger partial charge in [0.2, 0.25) is 0 Å². The lowest BCUT2D eigenvalue weighted by atomic mass is 10.3. The molecule has 0 N–H and O–H groups in total. The Morgan fingerprint density at radius 2 is 2.53 bits per heavy atom. The fraction of sp³-hybridized carbons (Fsp3) is 0.333. The second-order valence-corrected chi connectivity index (χ2v) is 3.87. The van der Waals surface area contributed by atoms with Crippen LogP contribution in [-0.4, -0.2) is 16.8 Å². The van der Waals surface area contributed by atoms with Gasteiger partial charge in [-0.2, -0.15) is 0 Å². The van der Waals surface area contributed by atoms with Crippen molar-refractivity contribution in [1.29, 1.82) is 0 Å². The third-order valence-corrected chi connectivity index (χ3v) is 2.56. The van der Waals surface area contributed by atoms with Crippen molar-refractivity contribution < 1.29 is 9.26 Å². The van der Waals surface area contributed by atoms with Crippen LogP contribution >= 0.6 is 11.3 Å². The summed E-state index contributed by atoms with van der Waals surface area (Å²) < 4.78 is 11.5. The highest BCUT2D eigenvalue weighted by molar-refractivity contribution is 7.07. The lowest BCUT2D eigenvalue weighted by Crippen LogP contribution is -2.12. The molecule has 0 bridgehead atoms. The van der Waals surface area contributed by atoms with Crippen molar-refractivity contribution >= 4 is 11.3 Å². The van der Waals surface area contributed by atoms with Gasteiger partial charge < -0.3 is 9.26 Å². The predicted molar refractivity (Wildman–Crippen MR) is 54.9 cm³/mol. The molecule has 0 spiro atoms. The molecule has 2 aromatic heterocycles. The summed E-state index contributed by atoms with van der Waals surface area (Å²) in [7, 11) is 1.59. The minimum absolute atomic E-state index is 0.00583. The minimum Gasteiger partial charge on any atom is -0.377 e. The first-order chi connectivity index (χ1) is 7.29. The molecule has 0 aliphatic carbocycles. The highest BCUT2D eigenvalue weighted by atomic mass is 32.1. The van der Waals surface area contributed by atoms with Gasteiger partial charge in [-0.1, -0.05) is 16.5 Å². The van der Waals surface area contributed by atoms with Crippen LogP contribution in [0.25, 0.3) is 0 Å². The third-order valence-electron chi connectivity index (χ3n) is 1.87. The summed E-state index contributed by atoms with van der Waals surface area (Å²) in [6.45, 7) is 0.834. The number of hydrogen-bond donors (Lipinski definition) is 0. The molecule has 2 aromatic rings.